The number of aliphatic hydroxyl groups excluding tert-OH is 1. The van der Waals surface area contributed by atoms with Crippen molar-refractivity contribution in [1.82, 2.24) is 9.97 Å². The van der Waals surface area contributed by atoms with Gasteiger partial charge in [0.25, 0.3) is 0 Å². The Balaban J connectivity index is 2.33. The largest absolute Gasteiger partial charge is 0.464 e. The second-order valence-corrected chi connectivity index (χ2v) is 4.08. The topological polar surface area (TPSA) is 72.3 Å². The molecule has 0 saturated heterocycles. The zero-order valence-electron chi connectivity index (χ0n) is 10.7. The highest BCUT2D eigenvalue weighted by molar-refractivity contribution is 5.87. The lowest BCUT2D eigenvalue weighted by atomic mass is 10.1. The van der Waals surface area contributed by atoms with Crippen LogP contribution in [0.25, 0.3) is 11.3 Å². The molecule has 0 fully saturated rings. The number of methoxy groups -OCH3 is 1. The number of esters is 1. The molecule has 1 N–H and O–H groups in total. The zero-order valence-corrected chi connectivity index (χ0v) is 10.7. The van der Waals surface area contributed by atoms with Crippen LogP contribution in [0.3, 0.4) is 0 Å². The Morgan fingerprint density at radius 2 is 1.95 bits per heavy atom. The Morgan fingerprint density at radius 3 is 2.53 bits per heavy atom. The van der Waals surface area contributed by atoms with Crippen molar-refractivity contribution in [3.8, 4) is 11.3 Å². The minimum atomic E-state index is -0.519. The number of benzene rings is 1. The van der Waals surface area contributed by atoms with E-state index in [2.05, 4.69) is 14.7 Å². The summed E-state index contributed by atoms with van der Waals surface area (Å²) in [6.45, 7) is 1.70. The van der Waals surface area contributed by atoms with E-state index in [0.29, 0.717) is 5.69 Å². The normalized spacial score (nSPS) is 11.9. The molecule has 0 spiro atoms. The molecule has 98 valence electrons. The Bertz CT molecular complexity index is 579. The molecule has 0 aliphatic carbocycles. The number of carbonyl (C=O) groups is 1. The van der Waals surface area contributed by atoms with Gasteiger partial charge in [-0.1, -0.05) is 24.3 Å². The van der Waals surface area contributed by atoms with Crippen molar-refractivity contribution < 1.29 is 14.6 Å². The number of rotatable bonds is 3. The molecule has 0 aliphatic heterocycles. The van der Waals surface area contributed by atoms with E-state index in [1.165, 1.54) is 13.3 Å². The first-order valence-corrected chi connectivity index (χ1v) is 5.80. The first-order chi connectivity index (χ1) is 9.11. The third-order valence-corrected chi connectivity index (χ3v) is 2.72. The Labute approximate surface area is 110 Å². The molecular weight excluding hydrogens is 244 g/mol. The summed E-state index contributed by atoms with van der Waals surface area (Å²) >= 11 is 0. The van der Waals surface area contributed by atoms with Gasteiger partial charge in [-0.15, -0.1) is 0 Å². The zero-order chi connectivity index (χ0) is 13.8. The second kappa shape index (κ2) is 5.58. The number of hydrogen-bond acceptors (Lipinski definition) is 5. The molecule has 5 nitrogen and oxygen atoms in total. The monoisotopic (exact) mass is 258 g/mol. The van der Waals surface area contributed by atoms with Gasteiger partial charge in [0.15, 0.2) is 5.69 Å². The molecule has 0 saturated carbocycles. The smallest absolute Gasteiger partial charge is 0.358 e. The van der Waals surface area contributed by atoms with Crippen LogP contribution in [0.5, 0.6) is 0 Å². The number of nitrogens with zero attached hydrogens (tertiary/aromatic N) is 2. The number of aromatic nitrogens is 2. The lowest BCUT2D eigenvalue weighted by Crippen LogP contribution is -2.05. The van der Waals surface area contributed by atoms with Crippen LogP contribution in [0.1, 0.15) is 29.1 Å². The van der Waals surface area contributed by atoms with Gasteiger partial charge in [0, 0.05) is 5.56 Å². The van der Waals surface area contributed by atoms with Crippen LogP contribution in [0, 0.1) is 0 Å². The lowest BCUT2D eigenvalue weighted by molar-refractivity contribution is 0.0593. The molecule has 0 aliphatic rings. The summed E-state index contributed by atoms with van der Waals surface area (Å²) in [5.41, 5.74) is 2.39. The number of ether oxygens (including phenoxy) is 1. The van der Waals surface area contributed by atoms with Gasteiger partial charge in [0.2, 0.25) is 0 Å². The van der Waals surface area contributed by atoms with Crippen molar-refractivity contribution in [3.05, 3.63) is 47.9 Å². The molecule has 2 rings (SSSR count). The quantitative estimate of drug-likeness (QED) is 0.852. The summed E-state index contributed by atoms with van der Waals surface area (Å²) in [6.07, 6.45) is 2.42. The SMILES string of the molecule is COC(=O)c1cncc(-c2ccc(C(C)O)cc2)n1. The highest BCUT2D eigenvalue weighted by Gasteiger charge is 2.10. The van der Waals surface area contributed by atoms with Crippen molar-refractivity contribution in [2.45, 2.75) is 13.0 Å². The first kappa shape index (κ1) is 13.2. The molecule has 1 unspecified atom stereocenters. The maximum absolute atomic E-state index is 11.4. The van der Waals surface area contributed by atoms with Crippen molar-refractivity contribution >= 4 is 5.97 Å². The van der Waals surface area contributed by atoms with Crippen molar-refractivity contribution in [3.63, 3.8) is 0 Å². The van der Waals surface area contributed by atoms with Crippen molar-refractivity contribution in [2.24, 2.45) is 0 Å². The Hall–Kier alpha value is -2.27. The second-order valence-electron chi connectivity index (χ2n) is 4.08. The molecular formula is C14H14N2O3. The van der Waals surface area contributed by atoms with Crippen LogP contribution >= 0.6 is 0 Å². The molecule has 1 heterocycles. The third kappa shape index (κ3) is 2.95. The standard InChI is InChI=1S/C14H14N2O3/c1-9(17)10-3-5-11(6-4-10)12-7-15-8-13(16-12)14(18)19-2/h3-9,17H,1-2H3. The van der Waals surface area contributed by atoms with Gasteiger partial charge < -0.3 is 9.84 Å². The highest BCUT2D eigenvalue weighted by atomic mass is 16.5. The summed E-state index contributed by atoms with van der Waals surface area (Å²) in [4.78, 5) is 19.5. The summed E-state index contributed by atoms with van der Waals surface area (Å²) in [7, 11) is 1.30. The van der Waals surface area contributed by atoms with E-state index in [9.17, 15) is 9.90 Å². The highest BCUT2D eigenvalue weighted by Crippen LogP contribution is 2.20. The summed E-state index contributed by atoms with van der Waals surface area (Å²) in [5.74, 6) is -0.519. The summed E-state index contributed by atoms with van der Waals surface area (Å²) < 4.78 is 4.60. The van der Waals surface area contributed by atoms with Gasteiger partial charge >= 0.3 is 5.97 Å². The first-order valence-electron chi connectivity index (χ1n) is 5.80. The van der Waals surface area contributed by atoms with Crippen LogP contribution in [0.4, 0.5) is 0 Å². The van der Waals surface area contributed by atoms with Crippen LogP contribution in [0.15, 0.2) is 36.7 Å². The average Bonchev–Trinajstić information content (AvgIpc) is 2.46. The van der Waals surface area contributed by atoms with E-state index in [0.717, 1.165) is 11.1 Å². The summed E-state index contributed by atoms with van der Waals surface area (Å²) in [5, 5.41) is 9.44. The van der Waals surface area contributed by atoms with Crippen LogP contribution in [-0.2, 0) is 4.74 Å². The molecule has 1 aromatic carbocycles. The van der Waals surface area contributed by atoms with Gasteiger partial charge in [-0.05, 0) is 12.5 Å². The Morgan fingerprint density at radius 1 is 1.26 bits per heavy atom. The van der Waals surface area contributed by atoms with Gasteiger partial charge in [0.05, 0.1) is 31.3 Å². The van der Waals surface area contributed by atoms with E-state index >= 15 is 0 Å². The van der Waals surface area contributed by atoms with E-state index in [4.69, 9.17) is 0 Å². The fourth-order valence-corrected chi connectivity index (χ4v) is 1.64. The summed E-state index contributed by atoms with van der Waals surface area (Å²) in [6, 6.07) is 7.28. The fraction of sp³-hybridized carbons (Fsp3) is 0.214. The minimum Gasteiger partial charge on any atom is -0.464 e. The predicted octanol–water partition coefficient (Wildman–Crippen LogP) is 1.98. The van der Waals surface area contributed by atoms with E-state index in [1.807, 2.05) is 24.3 Å². The van der Waals surface area contributed by atoms with Crippen LogP contribution in [-0.4, -0.2) is 28.2 Å². The van der Waals surface area contributed by atoms with Crippen LogP contribution in [0.2, 0.25) is 0 Å². The molecule has 1 aromatic heterocycles. The van der Waals surface area contributed by atoms with Gasteiger partial charge in [0.1, 0.15) is 0 Å². The fourth-order valence-electron chi connectivity index (χ4n) is 1.64. The number of hydrogen-bond donors (Lipinski definition) is 1. The molecule has 0 amide bonds. The molecule has 5 heteroatoms. The number of carbonyl (C=O) groups excluding carboxylic acids is 1. The molecule has 1 atom stereocenters. The van der Waals surface area contributed by atoms with Gasteiger partial charge in [-0.2, -0.15) is 0 Å². The van der Waals surface area contributed by atoms with Crippen LogP contribution < -0.4 is 0 Å². The maximum atomic E-state index is 11.4. The number of aliphatic hydroxyl groups is 1. The average molecular weight is 258 g/mol. The van der Waals surface area contributed by atoms with E-state index in [-0.39, 0.29) is 5.69 Å². The van der Waals surface area contributed by atoms with E-state index < -0.39 is 12.1 Å². The minimum absolute atomic E-state index is 0.166. The lowest BCUT2D eigenvalue weighted by Gasteiger charge is -2.06. The van der Waals surface area contributed by atoms with Crippen molar-refractivity contribution in [1.29, 1.82) is 0 Å². The third-order valence-electron chi connectivity index (χ3n) is 2.72. The van der Waals surface area contributed by atoms with Crippen molar-refractivity contribution in [2.75, 3.05) is 7.11 Å². The molecule has 19 heavy (non-hydrogen) atoms. The van der Waals surface area contributed by atoms with Gasteiger partial charge in [-0.25, -0.2) is 9.78 Å². The molecule has 2 aromatic rings. The maximum Gasteiger partial charge on any atom is 0.358 e. The molecule has 0 radical (unpaired) electrons. The van der Waals surface area contributed by atoms with Gasteiger partial charge in [-0.3, -0.25) is 4.98 Å². The molecule has 0 bridgehead atoms. The Kier molecular flexibility index (Phi) is 3.87. The van der Waals surface area contributed by atoms with E-state index in [1.54, 1.807) is 13.1 Å². The predicted molar refractivity (Wildman–Crippen MR) is 69.4 cm³/mol.